The summed E-state index contributed by atoms with van der Waals surface area (Å²) in [5.41, 5.74) is 23.1. The van der Waals surface area contributed by atoms with Crippen LogP contribution in [0.4, 0.5) is 22.7 Å². The number of rotatable bonds is 6. The number of benzene rings is 3. The molecule has 2 saturated carbocycles. The van der Waals surface area contributed by atoms with Gasteiger partial charge in [0, 0.05) is 74.9 Å². The molecule has 0 radical (unpaired) electrons. The van der Waals surface area contributed by atoms with Crippen molar-refractivity contribution in [3.8, 4) is 22.3 Å². The van der Waals surface area contributed by atoms with Crippen molar-refractivity contribution in [1.82, 2.24) is 19.5 Å². The number of fused-ring (bicyclic) bond motifs is 2. The van der Waals surface area contributed by atoms with Crippen LogP contribution in [0.5, 0.6) is 0 Å². The maximum absolute atomic E-state index is 12.0. The quantitative estimate of drug-likeness (QED) is 0.109. The summed E-state index contributed by atoms with van der Waals surface area (Å²) in [6.45, 7) is 23.8. The number of H-pyrrole nitrogens is 1. The fourth-order valence-corrected chi connectivity index (χ4v) is 10.7. The van der Waals surface area contributed by atoms with Gasteiger partial charge in [-0.1, -0.05) is 40.9 Å². The highest BCUT2D eigenvalue weighted by Gasteiger charge is 2.52. The molecule has 6 heterocycles. The topological polar surface area (TPSA) is 169 Å². The Labute approximate surface area is 387 Å². The molecule has 332 valence electrons. The molecule has 11 rings (SSSR count). The van der Waals surface area contributed by atoms with Crippen LogP contribution >= 0.6 is 23.2 Å². The molecule has 0 amide bonds. The molecule has 2 aliphatic carbocycles. The number of ether oxygens (including phenoxy) is 2. The third-order valence-electron chi connectivity index (χ3n) is 13.0. The van der Waals surface area contributed by atoms with Crippen LogP contribution in [0.2, 0.25) is 10.0 Å². The molecule has 4 aromatic heterocycles. The average molecular weight is 930 g/mol. The number of nitrogens with zero attached hydrogens (tertiary/aromatic N) is 5. The summed E-state index contributed by atoms with van der Waals surface area (Å²) in [6.07, 6.45) is 14.2. The lowest BCUT2D eigenvalue weighted by molar-refractivity contribution is -0.190. The van der Waals surface area contributed by atoms with Gasteiger partial charge >= 0.3 is 0 Å². The lowest BCUT2D eigenvalue weighted by Gasteiger charge is -2.53. The van der Waals surface area contributed by atoms with Crippen LogP contribution in [0.3, 0.4) is 0 Å². The van der Waals surface area contributed by atoms with Gasteiger partial charge in [0.1, 0.15) is 0 Å². The summed E-state index contributed by atoms with van der Waals surface area (Å²) >= 11 is 12.7. The van der Waals surface area contributed by atoms with Crippen molar-refractivity contribution in [2.45, 2.75) is 63.5 Å². The van der Waals surface area contributed by atoms with Gasteiger partial charge in [-0.2, -0.15) is 8.42 Å². The highest BCUT2D eigenvalue weighted by Crippen LogP contribution is 2.55. The number of halogens is 2. The van der Waals surface area contributed by atoms with Gasteiger partial charge in [-0.25, -0.2) is 9.69 Å². The first-order chi connectivity index (χ1) is 31.1. The van der Waals surface area contributed by atoms with Crippen molar-refractivity contribution < 1.29 is 22.1 Å². The Hall–Kier alpha value is -5.97. The zero-order valence-electron chi connectivity index (χ0n) is 36.0. The standard InChI is InChI=1S/C21H19ClN4O.C15H11ClN4.C13H16O4S/c1-12-3-19-14(4-18(12)24-2)16(15-7-25-8-17(23)20(15)22)9-26(19)13-5-21(6-13)10-27-11-21;1-8-3-14-9(4-13(8)18-2)10(6-20-14)11-5-19-7-12(17)15(11)16;1-10-2-4-12(5-3-10)18(14,15)17-11-6-13(7-11)8-16-9-13/h3-4,7-9,13H,5-6,10-11,23H2,1H3;3-7,20H,17H2,1H3;2-5,11H,6-9H2,1H3. The Kier molecular flexibility index (Phi) is 11.6. The van der Waals surface area contributed by atoms with E-state index >= 15 is 0 Å². The maximum Gasteiger partial charge on any atom is 0.297 e. The molecular formula is C49H46Cl2N8O5S. The fourth-order valence-electron chi connectivity index (χ4n) is 9.24. The summed E-state index contributed by atoms with van der Waals surface area (Å²) in [5, 5.41) is 2.94. The Bertz CT molecular complexity index is 3180. The number of anilines is 2. The zero-order chi connectivity index (χ0) is 45.8. The first-order valence-corrected chi connectivity index (χ1v) is 23.2. The number of aromatic nitrogens is 4. The van der Waals surface area contributed by atoms with Gasteiger partial charge in [0.05, 0.1) is 84.4 Å². The molecule has 7 aromatic rings. The van der Waals surface area contributed by atoms with Gasteiger partial charge in [-0.3, -0.25) is 14.2 Å². The Morgan fingerprint density at radius 2 is 1.29 bits per heavy atom. The number of hydrogen-bond acceptors (Lipinski definition) is 9. The van der Waals surface area contributed by atoms with Crippen LogP contribution in [0.15, 0.2) is 90.6 Å². The Balaban J connectivity index is 0.000000126. The molecule has 0 atom stereocenters. The van der Waals surface area contributed by atoms with Gasteiger partial charge in [-0.15, -0.1) is 0 Å². The lowest BCUT2D eigenvalue weighted by atomic mass is 9.64. The number of hydrogen-bond donors (Lipinski definition) is 3. The number of nitrogen functional groups attached to an aromatic ring is 2. The summed E-state index contributed by atoms with van der Waals surface area (Å²) in [7, 11) is -3.61. The maximum atomic E-state index is 12.0. The first-order valence-electron chi connectivity index (χ1n) is 21.1. The molecule has 2 aliphatic heterocycles. The third-order valence-corrected chi connectivity index (χ3v) is 15.3. The predicted octanol–water partition coefficient (Wildman–Crippen LogP) is 11.4. The molecular weight excluding hydrogens is 884 g/mol. The molecule has 13 nitrogen and oxygen atoms in total. The first kappa shape index (κ1) is 44.2. The number of aryl methyl sites for hydroxylation is 3. The van der Waals surface area contributed by atoms with Crippen molar-refractivity contribution >= 4 is 77.9 Å². The fraction of sp³-hybridized carbons (Fsp3) is 0.306. The van der Waals surface area contributed by atoms with Crippen LogP contribution in [-0.4, -0.2) is 60.5 Å². The molecule has 4 fully saturated rings. The molecule has 4 aliphatic rings. The molecule has 16 heteroatoms. The monoisotopic (exact) mass is 928 g/mol. The van der Waals surface area contributed by atoms with E-state index in [4.69, 9.17) is 61.5 Å². The van der Waals surface area contributed by atoms with Crippen LogP contribution < -0.4 is 11.5 Å². The van der Waals surface area contributed by atoms with Gasteiger partial charge in [0.25, 0.3) is 10.1 Å². The summed E-state index contributed by atoms with van der Waals surface area (Å²) in [5.74, 6) is 0. The van der Waals surface area contributed by atoms with E-state index in [1.165, 1.54) is 6.20 Å². The molecule has 5 N–H and O–H groups in total. The van der Waals surface area contributed by atoms with Crippen LogP contribution in [0.1, 0.15) is 48.4 Å². The Morgan fingerprint density at radius 1 is 0.754 bits per heavy atom. The molecule has 3 aromatic carbocycles. The minimum absolute atomic E-state index is 0.180. The second kappa shape index (κ2) is 17.1. The number of nitrogens with one attached hydrogen (secondary N) is 1. The molecule has 0 unspecified atom stereocenters. The van der Waals surface area contributed by atoms with Gasteiger partial charge in [0.2, 0.25) is 0 Å². The molecule has 65 heavy (non-hydrogen) atoms. The van der Waals surface area contributed by atoms with E-state index in [2.05, 4.69) is 41.5 Å². The lowest BCUT2D eigenvalue weighted by Crippen LogP contribution is -2.55. The van der Waals surface area contributed by atoms with Gasteiger partial charge in [0.15, 0.2) is 11.4 Å². The minimum Gasteiger partial charge on any atom is -0.396 e. The number of nitrogens with two attached hydrogens (primary N) is 2. The van der Waals surface area contributed by atoms with E-state index in [-0.39, 0.29) is 16.4 Å². The summed E-state index contributed by atoms with van der Waals surface area (Å²) < 4.78 is 42.2. The highest BCUT2D eigenvalue weighted by atomic mass is 35.5. The summed E-state index contributed by atoms with van der Waals surface area (Å²) in [6, 6.07) is 15.1. The van der Waals surface area contributed by atoms with Crippen molar-refractivity contribution in [1.29, 1.82) is 0 Å². The molecule has 2 spiro atoms. The zero-order valence-corrected chi connectivity index (χ0v) is 38.3. The second-order valence-electron chi connectivity index (χ2n) is 17.8. The van der Waals surface area contributed by atoms with Gasteiger partial charge in [-0.05, 0) is 105 Å². The third kappa shape index (κ3) is 8.31. The SMILES string of the molecule is Cc1ccc(S(=O)(=O)OC2CC3(COC3)C2)cc1.[C-]#[N+]c1cc2c(-c3cncc(N)c3Cl)c[nH]c2cc1C.[C-]#[N+]c1cc2c(-c3cncc(N)c3Cl)cn(C3CC4(COC4)C3)c2cc1C. The molecule has 0 bridgehead atoms. The van der Waals surface area contributed by atoms with Crippen molar-refractivity contribution in [2.75, 3.05) is 37.9 Å². The molecule has 2 saturated heterocycles. The van der Waals surface area contributed by atoms with Crippen LogP contribution in [0, 0.1) is 44.7 Å². The minimum atomic E-state index is -3.61. The normalized spacial score (nSPS) is 17.9. The van der Waals surface area contributed by atoms with Crippen molar-refractivity contribution in [2.24, 2.45) is 10.8 Å². The van der Waals surface area contributed by atoms with E-state index in [9.17, 15) is 8.42 Å². The van der Waals surface area contributed by atoms with E-state index in [0.717, 1.165) is 113 Å². The smallest absolute Gasteiger partial charge is 0.297 e. The van der Waals surface area contributed by atoms with Gasteiger partial charge < -0.3 is 30.5 Å². The van der Waals surface area contributed by atoms with Crippen molar-refractivity contribution in [3.05, 3.63) is 135 Å². The van der Waals surface area contributed by atoms with Crippen molar-refractivity contribution in [3.63, 3.8) is 0 Å². The largest absolute Gasteiger partial charge is 0.396 e. The Morgan fingerprint density at radius 3 is 1.85 bits per heavy atom. The predicted molar refractivity (Wildman–Crippen MR) is 255 cm³/mol. The van der Waals surface area contributed by atoms with Crippen LogP contribution in [-0.2, 0) is 23.8 Å². The average Bonchev–Trinajstić information content (AvgIpc) is 3.79. The number of aromatic amines is 1. The van der Waals surface area contributed by atoms with E-state index in [0.29, 0.717) is 44.3 Å². The van der Waals surface area contributed by atoms with E-state index < -0.39 is 10.1 Å². The second-order valence-corrected chi connectivity index (χ2v) is 20.2. The number of pyridine rings is 2. The summed E-state index contributed by atoms with van der Waals surface area (Å²) in [4.78, 5) is 19.0. The highest BCUT2D eigenvalue weighted by molar-refractivity contribution is 7.86. The van der Waals surface area contributed by atoms with E-state index in [1.807, 2.05) is 45.2 Å². The van der Waals surface area contributed by atoms with Crippen LogP contribution in [0.25, 0.3) is 53.7 Å². The van der Waals surface area contributed by atoms with E-state index in [1.54, 1.807) is 42.9 Å².